The number of aliphatic hydroxyl groups is 1. The van der Waals surface area contributed by atoms with Crippen molar-refractivity contribution in [1.29, 1.82) is 0 Å². The lowest BCUT2D eigenvalue weighted by Gasteiger charge is -2.35. The monoisotopic (exact) mass is 294 g/mol. The van der Waals surface area contributed by atoms with Crippen molar-refractivity contribution in [3.05, 3.63) is 33.9 Å². The second-order valence-corrected chi connectivity index (χ2v) is 5.23. The van der Waals surface area contributed by atoms with Crippen LogP contribution in [-0.2, 0) is 4.74 Å². The van der Waals surface area contributed by atoms with Crippen molar-refractivity contribution in [1.82, 2.24) is 0 Å². The Morgan fingerprint density at radius 3 is 2.81 bits per heavy atom. The SMILES string of the molecule is COC(=O)c1cc(N2CCC(C)C(O)C2)ccc1[N+](=O)[O-]. The van der Waals surface area contributed by atoms with Crippen molar-refractivity contribution in [3.63, 3.8) is 0 Å². The summed E-state index contributed by atoms with van der Waals surface area (Å²) in [4.78, 5) is 24.0. The number of rotatable bonds is 3. The summed E-state index contributed by atoms with van der Waals surface area (Å²) in [5.74, 6) is -0.520. The van der Waals surface area contributed by atoms with Gasteiger partial charge in [0.05, 0.1) is 18.1 Å². The van der Waals surface area contributed by atoms with E-state index in [0.717, 1.165) is 13.0 Å². The van der Waals surface area contributed by atoms with Crippen molar-refractivity contribution in [2.45, 2.75) is 19.4 Å². The van der Waals surface area contributed by atoms with Crippen LogP contribution in [0.1, 0.15) is 23.7 Å². The van der Waals surface area contributed by atoms with E-state index in [1.807, 2.05) is 11.8 Å². The first-order chi connectivity index (χ1) is 9.93. The summed E-state index contributed by atoms with van der Waals surface area (Å²) in [5, 5.41) is 20.9. The molecular weight excluding hydrogens is 276 g/mol. The molecule has 1 aromatic carbocycles. The molecule has 7 nitrogen and oxygen atoms in total. The smallest absolute Gasteiger partial charge is 0.344 e. The minimum Gasteiger partial charge on any atom is -0.465 e. The number of esters is 1. The van der Waals surface area contributed by atoms with Crippen LogP contribution in [0.25, 0.3) is 0 Å². The number of anilines is 1. The number of nitrogens with zero attached hydrogens (tertiary/aromatic N) is 2. The summed E-state index contributed by atoms with van der Waals surface area (Å²) in [6, 6.07) is 4.34. The molecule has 1 aliphatic rings. The molecule has 1 saturated heterocycles. The summed E-state index contributed by atoms with van der Waals surface area (Å²) in [6.45, 7) is 3.16. The van der Waals surface area contributed by atoms with Gasteiger partial charge in [0.1, 0.15) is 5.56 Å². The van der Waals surface area contributed by atoms with Crippen molar-refractivity contribution in [2.75, 3.05) is 25.1 Å². The third kappa shape index (κ3) is 3.13. The zero-order chi connectivity index (χ0) is 15.6. The Morgan fingerprint density at radius 2 is 2.24 bits per heavy atom. The molecule has 0 bridgehead atoms. The van der Waals surface area contributed by atoms with Gasteiger partial charge in [-0.05, 0) is 24.5 Å². The molecule has 1 N–H and O–H groups in total. The number of nitro groups is 1. The van der Waals surface area contributed by atoms with Crippen LogP contribution in [0.5, 0.6) is 0 Å². The molecule has 114 valence electrons. The summed E-state index contributed by atoms with van der Waals surface area (Å²) in [7, 11) is 1.19. The number of nitro benzene ring substituents is 1. The maximum Gasteiger partial charge on any atom is 0.344 e. The van der Waals surface area contributed by atoms with Crippen molar-refractivity contribution >= 4 is 17.3 Å². The minimum atomic E-state index is -0.741. The number of aliphatic hydroxyl groups excluding tert-OH is 1. The topological polar surface area (TPSA) is 92.9 Å². The van der Waals surface area contributed by atoms with Gasteiger partial charge < -0.3 is 14.7 Å². The van der Waals surface area contributed by atoms with Gasteiger partial charge in [0, 0.05) is 24.8 Å². The van der Waals surface area contributed by atoms with E-state index in [4.69, 9.17) is 0 Å². The summed E-state index contributed by atoms with van der Waals surface area (Å²) in [5.41, 5.74) is 0.316. The highest BCUT2D eigenvalue weighted by Crippen LogP contribution is 2.28. The maximum atomic E-state index is 11.7. The third-order valence-electron chi connectivity index (χ3n) is 3.87. The minimum absolute atomic E-state index is 0.0758. The summed E-state index contributed by atoms with van der Waals surface area (Å²) < 4.78 is 4.60. The van der Waals surface area contributed by atoms with Crippen LogP contribution in [0, 0.1) is 16.0 Å². The predicted octanol–water partition coefficient (Wildman–Crippen LogP) is 1.59. The highest BCUT2D eigenvalue weighted by Gasteiger charge is 2.27. The van der Waals surface area contributed by atoms with E-state index in [2.05, 4.69) is 4.74 Å². The number of methoxy groups -OCH3 is 1. The average Bonchev–Trinajstić information content (AvgIpc) is 2.48. The lowest BCUT2D eigenvalue weighted by molar-refractivity contribution is -0.385. The maximum absolute atomic E-state index is 11.7. The molecule has 1 aromatic rings. The Kier molecular flexibility index (Phi) is 4.42. The number of carbonyl (C=O) groups excluding carboxylic acids is 1. The third-order valence-corrected chi connectivity index (χ3v) is 3.87. The fourth-order valence-electron chi connectivity index (χ4n) is 2.44. The number of benzene rings is 1. The molecule has 0 amide bonds. The van der Waals surface area contributed by atoms with Gasteiger partial charge >= 0.3 is 5.97 Å². The Hall–Kier alpha value is -2.15. The zero-order valence-corrected chi connectivity index (χ0v) is 12.0. The van der Waals surface area contributed by atoms with Crippen molar-refractivity contribution < 1.29 is 19.6 Å². The first-order valence-corrected chi connectivity index (χ1v) is 6.73. The van der Waals surface area contributed by atoms with Gasteiger partial charge in [-0.3, -0.25) is 10.1 Å². The lowest BCUT2D eigenvalue weighted by Crippen LogP contribution is -2.42. The molecule has 2 unspecified atom stereocenters. The molecule has 0 spiro atoms. The Labute approximate surface area is 122 Å². The van der Waals surface area contributed by atoms with E-state index >= 15 is 0 Å². The molecule has 21 heavy (non-hydrogen) atoms. The molecule has 0 aromatic heterocycles. The van der Waals surface area contributed by atoms with E-state index in [9.17, 15) is 20.0 Å². The van der Waals surface area contributed by atoms with Gasteiger partial charge in [-0.2, -0.15) is 0 Å². The number of piperidine rings is 1. The molecule has 1 heterocycles. The Bertz CT molecular complexity index is 560. The van der Waals surface area contributed by atoms with Crippen LogP contribution in [0.2, 0.25) is 0 Å². The Balaban J connectivity index is 2.33. The van der Waals surface area contributed by atoms with E-state index in [1.165, 1.54) is 19.2 Å². The van der Waals surface area contributed by atoms with Gasteiger partial charge in [0.15, 0.2) is 0 Å². The molecule has 1 aliphatic heterocycles. The van der Waals surface area contributed by atoms with Crippen LogP contribution >= 0.6 is 0 Å². The van der Waals surface area contributed by atoms with Gasteiger partial charge in [-0.15, -0.1) is 0 Å². The highest BCUT2D eigenvalue weighted by atomic mass is 16.6. The number of hydrogen-bond donors (Lipinski definition) is 1. The van der Waals surface area contributed by atoms with E-state index < -0.39 is 17.0 Å². The summed E-state index contributed by atoms with van der Waals surface area (Å²) in [6.07, 6.45) is 0.377. The molecule has 7 heteroatoms. The first kappa shape index (κ1) is 15.2. The van der Waals surface area contributed by atoms with E-state index in [0.29, 0.717) is 12.2 Å². The van der Waals surface area contributed by atoms with Crippen LogP contribution in [0.15, 0.2) is 18.2 Å². The summed E-state index contributed by atoms with van der Waals surface area (Å²) >= 11 is 0. The average molecular weight is 294 g/mol. The predicted molar refractivity (Wildman–Crippen MR) is 76.4 cm³/mol. The molecule has 1 fully saturated rings. The van der Waals surface area contributed by atoms with Crippen LogP contribution in [0.3, 0.4) is 0 Å². The first-order valence-electron chi connectivity index (χ1n) is 6.73. The van der Waals surface area contributed by atoms with Gasteiger partial charge in [-0.1, -0.05) is 6.92 Å². The molecule has 2 rings (SSSR count). The van der Waals surface area contributed by atoms with Crippen molar-refractivity contribution in [3.8, 4) is 0 Å². The molecule has 2 atom stereocenters. The van der Waals surface area contributed by atoms with Crippen LogP contribution in [0.4, 0.5) is 11.4 Å². The molecule has 0 saturated carbocycles. The van der Waals surface area contributed by atoms with E-state index in [-0.39, 0.29) is 17.2 Å². The standard InChI is InChI=1S/C14H18N2O5/c1-9-5-6-15(8-13(9)17)10-3-4-12(16(19)20)11(7-10)14(18)21-2/h3-4,7,9,13,17H,5-6,8H2,1-2H3. The second-order valence-electron chi connectivity index (χ2n) is 5.23. The van der Waals surface area contributed by atoms with Crippen molar-refractivity contribution in [2.24, 2.45) is 5.92 Å². The van der Waals surface area contributed by atoms with Gasteiger partial charge in [0.25, 0.3) is 5.69 Å². The second kappa shape index (κ2) is 6.09. The van der Waals surface area contributed by atoms with Crippen LogP contribution < -0.4 is 4.90 Å². The number of ether oxygens (including phenoxy) is 1. The highest BCUT2D eigenvalue weighted by molar-refractivity contribution is 5.95. The molecule has 0 radical (unpaired) electrons. The number of β-amino-alcohol motifs (C(OH)–C–C–N with tert-alkyl or cyclic N) is 1. The van der Waals surface area contributed by atoms with Gasteiger partial charge in [-0.25, -0.2) is 4.79 Å². The number of hydrogen-bond acceptors (Lipinski definition) is 6. The number of carbonyl (C=O) groups is 1. The van der Waals surface area contributed by atoms with Crippen LogP contribution in [-0.4, -0.2) is 42.3 Å². The lowest BCUT2D eigenvalue weighted by atomic mass is 9.95. The Morgan fingerprint density at radius 1 is 1.52 bits per heavy atom. The van der Waals surface area contributed by atoms with Gasteiger partial charge in [0.2, 0.25) is 0 Å². The van der Waals surface area contributed by atoms with E-state index in [1.54, 1.807) is 6.07 Å². The fraction of sp³-hybridized carbons (Fsp3) is 0.500. The normalized spacial score (nSPS) is 22.0. The molecule has 0 aliphatic carbocycles. The zero-order valence-electron chi connectivity index (χ0n) is 12.0. The fourth-order valence-corrected chi connectivity index (χ4v) is 2.44. The largest absolute Gasteiger partial charge is 0.465 e. The quantitative estimate of drug-likeness (QED) is 0.517. The molecular formula is C14H18N2O5.